The molecule has 0 heterocycles. The van der Waals surface area contributed by atoms with Crippen LogP contribution in [0.25, 0.3) is 12.2 Å². The number of hydrogen-bond donors (Lipinski definition) is 0. The summed E-state index contributed by atoms with van der Waals surface area (Å²) in [5.74, 6) is 0.692. The second kappa shape index (κ2) is 7.23. The molecule has 116 valence electrons. The van der Waals surface area contributed by atoms with Gasteiger partial charge in [-0.15, -0.1) is 0 Å². The van der Waals surface area contributed by atoms with Crippen molar-refractivity contribution in [2.24, 2.45) is 5.92 Å². The highest BCUT2D eigenvalue weighted by atomic mass is 16.1. The molecule has 0 aliphatic heterocycles. The van der Waals surface area contributed by atoms with Gasteiger partial charge in [0.05, 0.1) is 0 Å². The number of allylic oxidation sites excluding steroid dienone is 2. The van der Waals surface area contributed by atoms with Crippen LogP contribution >= 0.6 is 0 Å². The Morgan fingerprint density at radius 3 is 2.00 bits per heavy atom. The van der Waals surface area contributed by atoms with Crippen LogP contribution in [-0.2, 0) is 4.79 Å². The van der Waals surface area contributed by atoms with Crippen molar-refractivity contribution in [2.45, 2.75) is 26.2 Å². The van der Waals surface area contributed by atoms with Crippen molar-refractivity contribution in [2.75, 3.05) is 0 Å². The van der Waals surface area contributed by atoms with E-state index in [0.717, 1.165) is 24.0 Å². The molecule has 1 aliphatic carbocycles. The highest BCUT2D eigenvalue weighted by Gasteiger charge is 2.21. The Labute approximate surface area is 138 Å². The van der Waals surface area contributed by atoms with Gasteiger partial charge in [0, 0.05) is 6.42 Å². The first-order valence-corrected chi connectivity index (χ1v) is 8.24. The average molecular weight is 302 g/mol. The Bertz CT molecular complexity index is 723. The van der Waals surface area contributed by atoms with Crippen LogP contribution in [0, 0.1) is 5.92 Å². The quantitative estimate of drug-likeness (QED) is 0.525. The van der Waals surface area contributed by atoms with Gasteiger partial charge >= 0.3 is 0 Å². The maximum absolute atomic E-state index is 12.5. The molecule has 0 spiro atoms. The lowest BCUT2D eigenvalue weighted by Crippen LogP contribution is -2.03. The third kappa shape index (κ3) is 4.29. The van der Waals surface area contributed by atoms with E-state index in [1.807, 2.05) is 24.3 Å². The molecule has 0 radical (unpaired) electrons. The van der Waals surface area contributed by atoms with Crippen molar-refractivity contribution in [3.8, 4) is 0 Å². The Morgan fingerprint density at radius 1 is 0.826 bits per heavy atom. The fourth-order valence-corrected chi connectivity index (χ4v) is 3.16. The third-order valence-corrected chi connectivity index (χ3v) is 4.23. The van der Waals surface area contributed by atoms with Crippen molar-refractivity contribution in [3.05, 3.63) is 82.9 Å². The largest absolute Gasteiger partial charge is 0.295 e. The fourth-order valence-electron chi connectivity index (χ4n) is 3.16. The second-order valence-corrected chi connectivity index (χ2v) is 6.41. The summed E-state index contributed by atoms with van der Waals surface area (Å²) < 4.78 is 0. The monoisotopic (exact) mass is 302 g/mol. The normalized spacial score (nSPS) is 22.3. The van der Waals surface area contributed by atoms with Crippen LogP contribution in [0.3, 0.4) is 0 Å². The molecule has 1 heteroatoms. The minimum Gasteiger partial charge on any atom is -0.295 e. The summed E-state index contributed by atoms with van der Waals surface area (Å²) in [6, 6.07) is 20.5. The average Bonchev–Trinajstić information content (AvgIpc) is 2.68. The van der Waals surface area contributed by atoms with Gasteiger partial charge in [-0.2, -0.15) is 0 Å². The Kier molecular flexibility index (Phi) is 4.87. The molecule has 1 saturated carbocycles. The number of ketones is 1. The highest BCUT2D eigenvalue weighted by Crippen LogP contribution is 2.30. The van der Waals surface area contributed by atoms with Gasteiger partial charge in [-0.25, -0.2) is 0 Å². The Hall–Kier alpha value is -2.41. The maximum atomic E-state index is 12.5. The van der Waals surface area contributed by atoms with Crippen molar-refractivity contribution in [1.29, 1.82) is 0 Å². The van der Waals surface area contributed by atoms with Crippen LogP contribution in [0.15, 0.2) is 71.8 Å². The van der Waals surface area contributed by atoms with Gasteiger partial charge in [-0.3, -0.25) is 4.79 Å². The molecule has 0 N–H and O–H groups in total. The summed E-state index contributed by atoms with van der Waals surface area (Å²) in [6.07, 6.45) is 6.69. The molecule has 0 amide bonds. The SMILES string of the molecule is CC1CC(=O)/C(=C/c2ccccc2)C/C(=C/c2ccccc2)C1. The van der Waals surface area contributed by atoms with Crippen molar-refractivity contribution >= 4 is 17.9 Å². The zero-order valence-corrected chi connectivity index (χ0v) is 13.5. The van der Waals surface area contributed by atoms with E-state index in [1.165, 1.54) is 11.1 Å². The van der Waals surface area contributed by atoms with E-state index in [9.17, 15) is 4.79 Å². The van der Waals surface area contributed by atoms with Crippen LogP contribution in [0.2, 0.25) is 0 Å². The molecule has 1 nitrogen and oxygen atoms in total. The molecule has 1 atom stereocenters. The van der Waals surface area contributed by atoms with Crippen LogP contribution in [0.4, 0.5) is 0 Å². The molecule has 23 heavy (non-hydrogen) atoms. The van der Waals surface area contributed by atoms with Gasteiger partial charge < -0.3 is 0 Å². The minimum absolute atomic E-state index is 0.290. The van der Waals surface area contributed by atoms with Gasteiger partial charge in [0.2, 0.25) is 0 Å². The van der Waals surface area contributed by atoms with E-state index >= 15 is 0 Å². The maximum Gasteiger partial charge on any atom is 0.159 e. The predicted molar refractivity (Wildman–Crippen MR) is 96.9 cm³/mol. The first-order chi connectivity index (χ1) is 11.2. The summed E-state index contributed by atoms with van der Waals surface area (Å²) in [5, 5.41) is 0. The second-order valence-electron chi connectivity index (χ2n) is 6.41. The Balaban J connectivity index is 1.92. The van der Waals surface area contributed by atoms with Crippen LogP contribution in [0.5, 0.6) is 0 Å². The van der Waals surface area contributed by atoms with Crippen molar-refractivity contribution in [1.82, 2.24) is 0 Å². The van der Waals surface area contributed by atoms with Crippen LogP contribution in [-0.4, -0.2) is 5.78 Å². The van der Waals surface area contributed by atoms with E-state index in [-0.39, 0.29) is 5.78 Å². The van der Waals surface area contributed by atoms with Crippen LogP contribution in [0.1, 0.15) is 37.3 Å². The van der Waals surface area contributed by atoms with E-state index < -0.39 is 0 Å². The molecule has 1 unspecified atom stereocenters. The number of benzene rings is 2. The molecular formula is C22H22O. The lowest BCUT2D eigenvalue weighted by Gasteiger charge is -2.07. The topological polar surface area (TPSA) is 17.1 Å². The summed E-state index contributed by atoms with van der Waals surface area (Å²) >= 11 is 0. The minimum atomic E-state index is 0.290. The van der Waals surface area contributed by atoms with Gasteiger partial charge in [-0.05, 0) is 41.5 Å². The summed E-state index contributed by atoms with van der Waals surface area (Å²) in [5.41, 5.74) is 4.59. The van der Waals surface area contributed by atoms with Crippen molar-refractivity contribution < 1.29 is 4.79 Å². The lowest BCUT2D eigenvalue weighted by molar-refractivity contribution is -0.116. The summed E-state index contributed by atoms with van der Waals surface area (Å²) in [7, 11) is 0. The zero-order chi connectivity index (χ0) is 16.1. The number of carbonyl (C=O) groups excluding carboxylic acids is 1. The highest BCUT2D eigenvalue weighted by molar-refractivity contribution is 6.00. The predicted octanol–water partition coefficient (Wildman–Crippen LogP) is 5.54. The first-order valence-electron chi connectivity index (χ1n) is 8.24. The number of Topliss-reactive ketones (excluding diaryl/α,β-unsaturated/α-hetero) is 1. The smallest absolute Gasteiger partial charge is 0.159 e. The first kappa shape index (κ1) is 15.5. The molecule has 0 saturated heterocycles. The molecule has 1 fully saturated rings. The van der Waals surface area contributed by atoms with Crippen molar-refractivity contribution in [3.63, 3.8) is 0 Å². The fraction of sp³-hybridized carbons (Fsp3) is 0.227. The summed E-state index contributed by atoms with van der Waals surface area (Å²) in [6.45, 7) is 2.17. The Morgan fingerprint density at radius 2 is 1.39 bits per heavy atom. The number of rotatable bonds is 2. The third-order valence-electron chi connectivity index (χ3n) is 4.23. The molecule has 0 bridgehead atoms. The summed E-state index contributed by atoms with van der Waals surface area (Å²) in [4.78, 5) is 12.5. The van der Waals surface area contributed by atoms with Gasteiger partial charge in [-0.1, -0.05) is 79.2 Å². The molecular weight excluding hydrogens is 280 g/mol. The standard InChI is InChI=1S/C22H22O/c1-17-12-20(14-18-8-4-2-5-9-18)16-21(22(23)13-17)15-19-10-6-3-7-11-19/h2-11,14-15,17H,12-13,16H2,1H3/b20-14+,21-15+. The van der Waals surface area contributed by atoms with Gasteiger partial charge in [0.1, 0.15) is 0 Å². The van der Waals surface area contributed by atoms with Crippen LogP contribution < -0.4 is 0 Å². The van der Waals surface area contributed by atoms with Gasteiger partial charge in [0.15, 0.2) is 5.78 Å². The van der Waals surface area contributed by atoms with E-state index in [2.05, 4.69) is 55.5 Å². The van der Waals surface area contributed by atoms with Gasteiger partial charge in [0.25, 0.3) is 0 Å². The lowest BCUT2D eigenvalue weighted by atomic mass is 9.97. The molecule has 2 aromatic rings. The number of hydrogen-bond acceptors (Lipinski definition) is 1. The van der Waals surface area contributed by atoms with E-state index in [4.69, 9.17) is 0 Å². The molecule has 0 aromatic heterocycles. The molecule has 3 rings (SSSR count). The number of carbonyl (C=O) groups is 1. The molecule has 1 aliphatic rings. The van der Waals surface area contributed by atoms with E-state index in [1.54, 1.807) is 0 Å². The zero-order valence-electron chi connectivity index (χ0n) is 13.5. The van der Waals surface area contributed by atoms with E-state index in [0.29, 0.717) is 12.3 Å². The molecule has 2 aromatic carbocycles.